The van der Waals surface area contributed by atoms with Gasteiger partial charge in [0, 0.05) is 18.3 Å². The second kappa shape index (κ2) is 5.60. The van der Waals surface area contributed by atoms with Crippen molar-refractivity contribution in [3.63, 3.8) is 0 Å². The molecule has 0 spiro atoms. The topological polar surface area (TPSA) is 54.2 Å². The Bertz CT molecular complexity index is 671. The summed E-state index contributed by atoms with van der Waals surface area (Å²) in [5.41, 5.74) is 4.49. The van der Waals surface area contributed by atoms with E-state index >= 15 is 0 Å². The maximum Gasteiger partial charge on any atom is 0.191 e. The first-order valence-corrected chi connectivity index (χ1v) is 7.30. The van der Waals surface area contributed by atoms with Crippen LogP contribution in [0.5, 0.6) is 0 Å². The Labute approximate surface area is 125 Å². The average molecular weight is 283 g/mol. The molecule has 110 valence electrons. The van der Waals surface area contributed by atoms with Crippen molar-refractivity contribution in [2.24, 2.45) is 4.99 Å². The van der Waals surface area contributed by atoms with Gasteiger partial charge in [-0.15, -0.1) is 0 Å². The second-order valence-corrected chi connectivity index (χ2v) is 5.56. The Kier molecular flexibility index (Phi) is 3.64. The summed E-state index contributed by atoms with van der Waals surface area (Å²) in [5, 5.41) is 11.3. The molecule has 5 heteroatoms. The first-order chi connectivity index (χ1) is 10.1. The van der Waals surface area contributed by atoms with E-state index in [0.717, 1.165) is 36.1 Å². The Hall–Kier alpha value is -2.30. The first kappa shape index (κ1) is 13.7. The summed E-state index contributed by atoms with van der Waals surface area (Å²) >= 11 is 0. The van der Waals surface area contributed by atoms with Gasteiger partial charge in [-0.2, -0.15) is 5.10 Å². The van der Waals surface area contributed by atoms with Crippen LogP contribution in [0.1, 0.15) is 23.9 Å². The molecule has 0 radical (unpaired) electrons. The van der Waals surface area contributed by atoms with Gasteiger partial charge in [0.2, 0.25) is 0 Å². The fourth-order valence-electron chi connectivity index (χ4n) is 2.58. The van der Waals surface area contributed by atoms with Crippen LogP contribution in [0.3, 0.4) is 0 Å². The fourth-order valence-corrected chi connectivity index (χ4v) is 2.58. The standard InChI is InChI=1S/C16H21N5/c1-11-8-13(3)21(20-11)15-7-5-4-6-14(15)10-18-16-17-9-12(2)19-16/h4-8,12H,9-10H2,1-3H3,(H2,17,18,19). The average Bonchev–Trinajstić information content (AvgIpc) is 3.02. The normalized spacial score (nSPS) is 17.5. The molecule has 0 saturated carbocycles. The Morgan fingerprint density at radius 2 is 2.14 bits per heavy atom. The highest BCUT2D eigenvalue weighted by Crippen LogP contribution is 2.16. The van der Waals surface area contributed by atoms with Crippen molar-refractivity contribution in [2.45, 2.75) is 33.4 Å². The summed E-state index contributed by atoms with van der Waals surface area (Å²) in [6.07, 6.45) is 0. The van der Waals surface area contributed by atoms with Crippen LogP contribution in [0.15, 0.2) is 35.3 Å². The maximum atomic E-state index is 4.58. The van der Waals surface area contributed by atoms with Crippen molar-refractivity contribution < 1.29 is 0 Å². The minimum Gasteiger partial charge on any atom is -0.352 e. The lowest BCUT2D eigenvalue weighted by molar-refractivity contribution is 0.712. The summed E-state index contributed by atoms with van der Waals surface area (Å²) in [6, 6.07) is 10.8. The minimum absolute atomic E-state index is 0.416. The van der Waals surface area contributed by atoms with Gasteiger partial charge in [-0.25, -0.2) is 4.68 Å². The largest absolute Gasteiger partial charge is 0.352 e. The van der Waals surface area contributed by atoms with Gasteiger partial charge >= 0.3 is 0 Å². The molecular formula is C16H21N5. The van der Waals surface area contributed by atoms with Crippen LogP contribution in [0.2, 0.25) is 0 Å². The number of nitrogens with one attached hydrogen (secondary N) is 2. The predicted molar refractivity (Wildman–Crippen MR) is 84.8 cm³/mol. The van der Waals surface area contributed by atoms with Crippen LogP contribution < -0.4 is 10.6 Å². The molecule has 0 amide bonds. The van der Waals surface area contributed by atoms with Crippen molar-refractivity contribution in [1.82, 2.24) is 20.4 Å². The summed E-state index contributed by atoms with van der Waals surface area (Å²) in [4.78, 5) is 4.43. The Morgan fingerprint density at radius 3 is 2.81 bits per heavy atom. The summed E-state index contributed by atoms with van der Waals surface area (Å²) in [7, 11) is 0. The number of nitrogens with zero attached hydrogens (tertiary/aromatic N) is 3. The van der Waals surface area contributed by atoms with Crippen molar-refractivity contribution in [2.75, 3.05) is 6.54 Å². The van der Waals surface area contributed by atoms with Crippen molar-refractivity contribution in [3.05, 3.63) is 47.3 Å². The van der Waals surface area contributed by atoms with E-state index in [0.29, 0.717) is 6.04 Å². The fraction of sp³-hybridized carbons (Fsp3) is 0.375. The van der Waals surface area contributed by atoms with Gasteiger partial charge in [-0.05, 0) is 38.5 Å². The number of hydrogen-bond acceptors (Lipinski definition) is 4. The van der Waals surface area contributed by atoms with Crippen LogP contribution in [-0.4, -0.2) is 28.3 Å². The lowest BCUT2D eigenvalue weighted by atomic mass is 10.1. The number of aryl methyl sites for hydroxylation is 2. The van der Waals surface area contributed by atoms with Crippen molar-refractivity contribution in [3.8, 4) is 5.69 Å². The van der Waals surface area contributed by atoms with E-state index in [4.69, 9.17) is 0 Å². The summed E-state index contributed by atoms with van der Waals surface area (Å²) in [5.74, 6) is 0.880. The smallest absolute Gasteiger partial charge is 0.191 e. The maximum absolute atomic E-state index is 4.58. The van der Waals surface area contributed by atoms with Crippen LogP contribution in [-0.2, 0) is 6.54 Å². The van der Waals surface area contributed by atoms with E-state index in [-0.39, 0.29) is 0 Å². The molecular weight excluding hydrogens is 262 g/mol. The zero-order chi connectivity index (χ0) is 14.8. The number of guanidine groups is 1. The molecule has 3 rings (SSSR count). The summed E-state index contributed by atoms with van der Waals surface area (Å²) in [6.45, 7) is 7.79. The van der Waals surface area contributed by atoms with Gasteiger partial charge < -0.3 is 10.6 Å². The number of aromatic nitrogens is 2. The number of rotatable bonds is 3. The number of hydrogen-bond donors (Lipinski definition) is 2. The molecule has 1 unspecified atom stereocenters. The molecule has 1 aliphatic heterocycles. The minimum atomic E-state index is 0.416. The first-order valence-electron chi connectivity index (χ1n) is 7.30. The van der Waals surface area contributed by atoms with Crippen molar-refractivity contribution >= 4 is 5.96 Å². The van der Waals surface area contributed by atoms with E-state index in [1.165, 1.54) is 5.56 Å². The van der Waals surface area contributed by atoms with E-state index in [2.05, 4.69) is 58.8 Å². The number of para-hydroxylation sites is 1. The van der Waals surface area contributed by atoms with Gasteiger partial charge in [-0.3, -0.25) is 4.99 Å². The van der Waals surface area contributed by atoms with Crippen LogP contribution in [0.4, 0.5) is 0 Å². The third-order valence-electron chi connectivity index (χ3n) is 3.58. The molecule has 0 saturated heterocycles. The van der Waals surface area contributed by atoms with Gasteiger partial charge in [0.1, 0.15) is 0 Å². The zero-order valence-electron chi connectivity index (χ0n) is 12.7. The molecule has 1 atom stereocenters. The molecule has 2 N–H and O–H groups in total. The third-order valence-corrected chi connectivity index (χ3v) is 3.58. The van der Waals surface area contributed by atoms with E-state index in [1.807, 2.05) is 17.7 Å². The van der Waals surface area contributed by atoms with E-state index < -0.39 is 0 Å². The molecule has 0 fully saturated rings. The molecule has 5 nitrogen and oxygen atoms in total. The highest BCUT2D eigenvalue weighted by Gasteiger charge is 2.13. The molecule has 1 aliphatic rings. The summed E-state index contributed by atoms with van der Waals surface area (Å²) < 4.78 is 2.00. The molecule has 21 heavy (non-hydrogen) atoms. The monoisotopic (exact) mass is 283 g/mol. The highest BCUT2D eigenvalue weighted by molar-refractivity contribution is 5.81. The van der Waals surface area contributed by atoms with Gasteiger partial charge in [0.25, 0.3) is 0 Å². The quantitative estimate of drug-likeness (QED) is 0.905. The lowest BCUT2D eigenvalue weighted by Gasteiger charge is -2.13. The SMILES string of the molecule is Cc1cc(C)n(-c2ccccc2CNC2=NCC(C)N2)n1. The van der Waals surface area contributed by atoms with Gasteiger partial charge in [0.05, 0.1) is 17.9 Å². The number of benzene rings is 1. The van der Waals surface area contributed by atoms with Crippen LogP contribution in [0, 0.1) is 13.8 Å². The van der Waals surface area contributed by atoms with E-state index in [1.54, 1.807) is 0 Å². The molecule has 1 aromatic heterocycles. The zero-order valence-corrected chi connectivity index (χ0v) is 12.7. The molecule has 1 aromatic carbocycles. The number of aliphatic imine (C=N–C) groups is 1. The molecule has 0 aliphatic carbocycles. The van der Waals surface area contributed by atoms with E-state index in [9.17, 15) is 0 Å². The lowest BCUT2D eigenvalue weighted by Crippen LogP contribution is -2.37. The Morgan fingerprint density at radius 1 is 1.33 bits per heavy atom. The molecule has 2 aromatic rings. The van der Waals surface area contributed by atoms with Crippen LogP contribution in [0.25, 0.3) is 5.69 Å². The Balaban J connectivity index is 1.81. The van der Waals surface area contributed by atoms with Crippen LogP contribution >= 0.6 is 0 Å². The van der Waals surface area contributed by atoms with Gasteiger partial charge in [0.15, 0.2) is 5.96 Å². The van der Waals surface area contributed by atoms with Crippen molar-refractivity contribution in [1.29, 1.82) is 0 Å². The predicted octanol–water partition coefficient (Wildman–Crippen LogP) is 1.93. The third kappa shape index (κ3) is 2.91. The molecule has 2 heterocycles. The molecule has 0 bridgehead atoms. The highest BCUT2D eigenvalue weighted by atomic mass is 15.3. The second-order valence-electron chi connectivity index (χ2n) is 5.56. The van der Waals surface area contributed by atoms with Gasteiger partial charge in [-0.1, -0.05) is 18.2 Å².